The van der Waals surface area contributed by atoms with Gasteiger partial charge in [-0.15, -0.1) is 0 Å². The number of nitrogens with zero attached hydrogens (tertiary/aromatic N) is 2. The minimum Gasteiger partial charge on any atom is -0.465 e. The van der Waals surface area contributed by atoms with Gasteiger partial charge in [0.25, 0.3) is 0 Å². The Bertz CT molecular complexity index is 880. The molecule has 0 amide bonds. The van der Waals surface area contributed by atoms with E-state index in [-0.39, 0.29) is 33.8 Å². The molecule has 1 aromatic carbocycles. The lowest BCUT2D eigenvalue weighted by molar-refractivity contribution is 0.0588. The number of carbonyl (C=O) groups excluding carboxylic acids is 2. The third-order valence-electron chi connectivity index (χ3n) is 3.54. The molecule has 1 aromatic heterocycles. The molecule has 0 saturated heterocycles. The molecule has 0 fully saturated rings. The van der Waals surface area contributed by atoms with E-state index >= 15 is 0 Å². The van der Waals surface area contributed by atoms with Crippen LogP contribution in [0.1, 0.15) is 32.0 Å². The lowest BCUT2D eigenvalue weighted by Crippen LogP contribution is -2.13. The molecule has 2 rings (SSSR count). The molecule has 0 saturated carbocycles. The highest BCUT2D eigenvalue weighted by atomic mass is 19.1. The number of methoxy groups -OCH3 is 2. The number of hydrogen-bond acceptors (Lipinski definition) is 6. The topological polar surface area (TPSA) is 107 Å². The highest BCUT2D eigenvalue weighted by molar-refractivity contribution is 5.96. The number of hydrogen-bond donors (Lipinski definition) is 1. The van der Waals surface area contributed by atoms with Gasteiger partial charge in [-0.2, -0.15) is 5.26 Å². The number of ether oxygens (including phenoxy) is 2. The molecule has 0 spiro atoms. The molecule has 8 heteroatoms. The first-order chi connectivity index (χ1) is 11.3. The monoisotopic (exact) mass is 331 g/mol. The van der Waals surface area contributed by atoms with Crippen LogP contribution in [-0.2, 0) is 9.47 Å². The lowest BCUT2D eigenvalue weighted by Gasteiger charge is -2.13. The van der Waals surface area contributed by atoms with E-state index in [2.05, 4.69) is 9.47 Å². The van der Waals surface area contributed by atoms with Crippen LogP contribution in [0.4, 0.5) is 10.1 Å². The van der Waals surface area contributed by atoms with Crippen LogP contribution in [0.3, 0.4) is 0 Å². The minimum absolute atomic E-state index is 0.0266. The lowest BCUT2D eigenvalue weighted by atomic mass is 10.1. The van der Waals surface area contributed by atoms with Crippen molar-refractivity contribution < 1.29 is 23.5 Å². The average Bonchev–Trinajstić information content (AvgIpc) is 2.92. The molecule has 0 radical (unpaired) electrons. The molecule has 2 aromatic rings. The predicted molar refractivity (Wildman–Crippen MR) is 82.3 cm³/mol. The van der Waals surface area contributed by atoms with Gasteiger partial charge in [-0.05, 0) is 19.1 Å². The largest absolute Gasteiger partial charge is 0.465 e. The number of aromatic nitrogens is 1. The van der Waals surface area contributed by atoms with Crippen LogP contribution in [0.2, 0.25) is 0 Å². The summed E-state index contributed by atoms with van der Waals surface area (Å²) >= 11 is 0. The van der Waals surface area contributed by atoms with E-state index in [4.69, 9.17) is 11.0 Å². The maximum atomic E-state index is 14.2. The van der Waals surface area contributed by atoms with Crippen LogP contribution in [0.5, 0.6) is 0 Å². The van der Waals surface area contributed by atoms with E-state index in [1.807, 2.05) is 6.07 Å². The Morgan fingerprint density at radius 2 is 1.88 bits per heavy atom. The van der Waals surface area contributed by atoms with E-state index in [1.165, 1.54) is 30.9 Å². The number of nitrogen functional groups attached to an aromatic ring is 1. The second-order valence-electron chi connectivity index (χ2n) is 4.87. The molecule has 24 heavy (non-hydrogen) atoms. The van der Waals surface area contributed by atoms with E-state index in [9.17, 15) is 14.0 Å². The van der Waals surface area contributed by atoms with Crippen LogP contribution in [-0.4, -0.2) is 30.7 Å². The number of carbonyl (C=O) groups is 2. The Kier molecular flexibility index (Phi) is 4.55. The van der Waals surface area contributed by atoms with Crippen molar-refractivity contribution in [1.29, 1.82) is 5.26 Å². The zero-order valence-corrected chi connectivity index (χ0v) is 13.2. The van der Waals surface area contributed by atoms with Crippen LogP contribution in [0.25, 0.3) is 5.69 Å². The quantitative estimate of drug-likeness (QED) is 0.861. The SMILES string of the molecule is COC(=O)c1cc(F)c(C)c(-n2cc(C#N)c(N)c2C(=O)OC)c1. The first kappa shape index (κ1) is 17.0. The third-order valence-corrected chi connectivity index (χ3v) is 3.54. The zero-order chi connectivity index (χ0) is 18.0. The second kappa shape index (κ2) is 6.42. The number of esters is 2. The van der Waals surface area contributed by atoms with Crippen LogP contribution >= 0.6 is 0 Å². The first-order valence-corrected chi connectivity index (χ1v) is 6.73. The van der Waals surface area contributed by atoms with Crippen molar-refractivity contribution in [2.75, 3.05) is 20.0 Å². The number of rotatable bonds is 3. The molecule has 0 aliphatic rings. The number of halogens is 1. The fourth-order valence-corrected chi connectivity index (χ4v) is 2.25. The highest BCUT2D eigenvalue weighted by Gasteiger charge is 2.24. The summed E-state index contributed by atoms with van der Waals surface area (Å²) in [5, 5.41) is 9.12. The molecular weight excluding hydrogens is 317 g/mol. The Morgan fingerprint density at radius 3 is 2.42 bits per heavy atom. The maximum absolute atomic E-state index is 14.2. The summed E-state index contributed by atoms with van der Waals surface area (Å²) < 4.78 is 24.7. The zero-order valence-electron chi connectivity index (χ0n) is 13.2. The van der Waals surface area contributed by atoms with Gasteiger partial charge >= 0.3 is 11.9 Å². The van der Waals surface area contributed by atoms with Crippen molar-refractivity contribution in [3.05, 3.63) is 46.5 Å². The summed E-state index contributed by atoms with van der Waals surface area (Å²) in [4.78, 5) is 23.7. The molecule has 1 heterocycles. The van der Waals surface area contributed by atoms with Crippen LogP contribution in [0, 0.1) is 24.1 Å². The third kappa shape index (κ3) is 2.67. The average molecular weight is 331 g/mol. The number of benzene rings is 1. The molecule has 0 atom stereocenters. The summed E-state index contributed by atoms with van der Waals surface area (Å²) in [7, 11) is 2.32. The Hall–Kier alpha value is -3.34. The van der Waals surface area contributed by atoms with E-state index in [0.717, 1.165) is 13.2 Å². The predicted octanol–water partition coefficient (Wildman–Crippen LogP) is 1.95. The molecule has 0 unspecified atom stereocenters. The summed E-state index contributed by atoms with van der Waals surface area (Å²) in [5.41, 5.74) is 5.91. The van der Waals surface area contributed by atoms with Gasteiger partial charge < -0.3 is 19.8 Å². The molecular formula is C16H14FN3O4. The van der Waals surface area contributed by atoms with Gasteiger partial charge in [0.2, 0.25) is 0 Å². The van der Waals surface area contributed by atoms with Crippen molar-refractivity contribution in [2.45, 2.75) is 6.92 Å². The van der Waals surface area contributed by atoms with Crippen molar-refractivity contribution in [1.82, 2.24) is 4.57 Å². The van der Waals surface area contributed by atoms with Gasteiger partial charge in [-0.25, -0.2) is 14.0 Å². The Labute approximate surface area is 137 Å². The standard InChI is InChI=1S/C16H14FN3O4/c1-8-11(17)4-9(15(21)23-2)5-12(8)20-7-10(6-18)13(19)14(20)16(22)24-3/h4-5,7H,19H2,1-3H3. The van der Waals surface area contributed by atoms with Gasteiger partial charge in [0.15, 0.2) is 5.69 Å². The summed E-state index contributed by atoms with van der Waals surface area (Å²) in [6.45, 7) is 1.47. The normalized spacial score (nSPS) is 10.1. The Morgan fingerprint density at radius 1 is 1.25 bits per heavy atom. The van der Waals surface area contributed by atoms with Gasteiger partial charge in [-0.3, -0.25) is 0 Å². The second-order valence-corrected chi connectivity index (χ2v) is 4.87. The molecule has 124 valence electrons. The van der Waals surface area contributed by atoms with Gasteiger partial charge in [0.05, 0.1) is 36.7 Å². The Balaban J connectivity index is 2.81. The van der Waals surface area contributed by atoms with Crippen LogP contribution in [0.15, 0.2) is 18.3 Å². The first-order valence-electron chi connectivity index (χ1n) is 6.73. The van der Waals surface area contributed by atoms with E-state index in [1.54, 1.807) is 0 Å². The van der Waals surface area contributed by atoms with Gasteiger partial charge in [-0.1, -0.05) is 0 Å². The van der Waals surface area contributed by atoms with Gasteiger partial charge in [0.1, 0.15) is 11.9 Å². The minimum atomic E-state index is -0.794. The summed E-state index contributed by atoms with van der Waals surface area (Å²) in [6, 6.07) is 4.22. The number of nitrogens with two attached hydrogens (primary N) is 1. The molecule has 7 nitrogen and oxygen atoms in total. The highest BCUT2D eigenvalue weighted by Crippen LogP contribution is 2.28. The smallest absolute Gasteiger partial charge is 0.357 e. The molecule has 2 N–H and O–H groups in total. The van der Waals surface area contributed by atoms with E-state index < -0.39 is 17.8 Å². The molecule has 0 aliphatic carbocycles. The van der Waals surface area contributed by atoms with Crippen molar-refractivity contribution in [3.63, 3.8) is 0 Å². The van der Waals surface area contributed by atoms with Gasteiger partial charge in [0, 0.05) is 11.8 Å². The molecule has 0 bridgehead atoms. The van der Waals surface area contributed by atoms with Crippen LogP contribution < -0.4 is 5.73 Å². The van der Waals surface area contributed by atoms with Crippen molar-refractivity contribution in [3.8, 4) is 11.8 Å². The fourth-order valence-electron chi connectivity index (χ4n) is 2.25. The summed E-state index contributed by atoms with van der Waals surface area (Å²) in [6.07, 6.45) is 1.28. The van der Waals surface area contributed by atoms with E-state index in [0.29, 0.717) is 0 Å². The van der Waals surface area contributed by atoms with Crippen molar-refractivity contribution >= 4 is 17.6 Å². The number of anilines is 1. The fraction of sp³-hybridized carbons (Fsp3) is 0.188. The number of nitriles is 1. The molecule has 0 aliphatic heterocycles. The summed E-state index contributed by atoms with van der Waals surface area (Å²) in [5.74, 6) is -2.21. The van der Waals surface area contributed by atoms with Crippen molar-refractivity contribution in [2.24, 2.45) is 0 Å². The maximum Gasteiger partial charge on any atom is 0.357 e.